The molecule has 0 aliphatic carbocycles. The Morgan fingerprint density at radius 2 is 1.54 bits per heavy atom. The molecule has 3 aromatic rings. The number of hydrogen-bond donors (Lipinski definition) is 1. The third kappa shape index (κ3) is 4.30. The first-order valence-corrected chi connectivity index (χ1v) is 11.5. The van der Waals surface area contributed by atoms with E-state index in [0.717, 1.165) is 17.7 Å². The van der Waals surface area contributed by atoms with Crippen molar-refractivity contribution in [3.05, 3.63) is 82.4 Å². The molecule has 2 heterocycles. The standard InChI is InChI=1S/C28H23F6NO2/c1-14-13-26(2,3)35-19-9-8-18-23-20(36-4)6-5-7-21(23)37-25(24(18)22(14)19)15-10-16(27(29,30)31)12-17(11-15)28(32,33)34/h5-13,25,35H,1-4H3. The molecule has 0 radical (unpaired) electrons. The summed E-state index contributed by atoms with van der Waals surface area (Å²) in [6.07, 6.45) is -9.23. The lowest BCUT2D eigenvalue weighted by molar-refractivity contribution is -0.143. The molecule has 0 saturated heterocycles. The molecule has 37 heavy (non-hydrogen) atoms. The van der Waals surface area contributed by atoms with Crippen LogP contribution in [0.5, 0.6) is 11.5 Å². The third-order valence-corrected chi connectivity index (χ3v) is 6.57. The average Bonchev–Trinajstić information content (AvgIpc) is 2.80. The summed E-state index contributed by atoms with van der Waals surface area (Å²) in [5, 5.41) is 3.39. The van der Waals surface area contributed by atoms with Crippen LogP contribution in [0.3, 0.4) is 0 Å². The minimum atomic E-state index is -4.98. The van der Waals surface area contributed by atoms with Crippen molar-refractivity contribution in [3.8, 4) is 22.6 Å². The zero-order valence-corrected chi connectivity index (χ0v) is 20.4. The minimum Gasteiger partial charge on any atom is -0.496 e. The number of alkyl halides is 6. The van der Waals surface area contributed by atoms with Crippen molar-refractivity contribution in [2.75, 3.05) is 12.4 Å². The maximum absolute atomic E-state index is 13.7. The number of methoxy groups -OCH3 is 1. The highest BCUT2D eigenvalue weighted by molar-refractivity contribution is 5.91. The average molecular weight is 519 g/mol. The highest BCUT2D eigenvalue weighted by atomic mass is 19.4. The van der Waals surface area contributed by atoms with E-state index in [0.29, 0.717) is 39.4 Å². The summed E-state index contributed by atoms with van der Waals surface area (Å²) in [6.45, 7) is 5.80. The van der Waals surface area contributed by atoms with Gasteiger partial charge in [-0.1, -0.05) is 18.2 Å². The van der Waals surface area contributed by atoms with E-state index < -0.39 is 35.1 Å². The summed E-state index contributed by atoms with van der Waals surface area (Å²) in [4.78, 5) is 0. The largest absolute Gasteiger partial charge is 0.496 e. The number of benzene rings is 3. The number of allylic oxidation sites excluding steroid dienone is 1. The molecular formula is C28H23F6NO2. The van der Waals surface area contributed by atoms with E-state index in [1.807, 2.05) is 32.9 Å². The summed E-state index contributed by atoms with van der Waals surface area (Å²) in [5.41, 5.74) is 0.425. The van der Waals surface area contributed by atoms with E-state index in [-0.39, 0.29) is 11.6 Å². The van der Waals surface area contributed by atoms with Crippen molar-refractivity contribution in [1.29, 1.82) is 0 Å². The summed E-state index contributed by atoms with van der Waals surface area (Å²) in [6, 6.07) is 10.2. The van der Waals surface area contributed by atoms with Crippen molar-refractivity contribution in [2.24, 2.45) is 0 Å². The van der Waals surface area contributed by atoms with Crippen molar-refractivity contribution >= 4 is 11.3 Å². The molecule has 1 unspecified atom stereocenters. The Labute approximate surface area is 209 Å². The molecule has 3 aromatic carbocycles. The number of nitrogens with one attached hydrogen (secondary N) is 1. The smallest absolute Gasteiger partial charge is 0.416 e. The van der Waals surface area contributed by atoms with Crippen molar-refractivity contribution in [2.45, 2.75) is 44.8 Å². The molecule has 0 amide bonds. The fourth-order valence-corrected chi connectivity index (χ4v) is 5.23. The van der Waals surface area contributed by atoms with Crippen LogP contribution in [0.4, 0.5) is 32.0 Å². The van der Waals surface area contributed by atoms with Gasteiger partial charge < -0.3 is 14.8 Å². The predicted molar refractivity (Wildman–Crippen MR) is 129 cm³/mol. The second-order valence-corrected chi connectivity index (χ2v) is 9.79. The van der Waals surface area contributed by atoms with Crippen molar-refractivity contribution < 1.29 is 35.8 Å². The number of halogens is 6. The van der Waals surface area contributed by atoms with E-state index in [4.69, 9.17) is 9.47 Å². The second kappa shape index (κ2) is 8.19. The lowest BCUT2D eigenvalue weighted by atomic mass is 9.80. The Hall–Kier alpha value is -3.62. The first kappa shape index (κ1) is 25.0. The fourth-order valence-electron chi connectivity index (χ4n) is 5.23. The zero-order valence-electron chi connectivity index (χ0n) is 20.4. The number of ether oxygens (including phenoxy) is 2. The molecule has 1 N–H and O–H groups in total. The molecule has 2 aliphatic heterocycles. The van der Waals surface area contributed by atoms with Crippen LogP contribution in [0.15, 0.2) is 54.6 Å². The van der Waals surface area contributed by atoms with Gasteiger partial charge in [0.2, 0.25) is 0 Å². The Balaban J connectivity index is 1.84. The first-order chi connectivity index (χ1) is 17.2. The van der Waals surface area contributed by atoms with E-state index in [1.54, 1.807) is 24.3 Å². The van der Waals surface area contributed by atoms with Gasteiger partial charge in [-0.2, -0.15) is 26.3 Å². The summed E-state index contributed by atoms with van der Waals surface area (Å²) in [5.74, 6) is 0.774. The third-order valence-electron chi connectivity index (χ3n) is 6.57. The number of fused-ring (bicyclic) bond motifs is 5. The van der Waals surface area contributed by atoms with E-state index in [9.17, 15) is 26.3 Å². The molecule has 2 aliphatic rings. The molecule has 0 saturated carbocycles. The molecule has 3 nitrogen and oxygen atoms in total. The normalized spacial score (nSPS) is 18.0. The van der Waals surface area contributed by atoms with Gasteiger partial charge in [-0.15, -0.1) is 0 Å². The first-order valence-electron chi connectivity index (χ1n) is 11.5. The van der Waals surface area contributed by atoms with Gasteiger partial charge >= 0.3 is 12.4 Å². The van der Waals surface area contributed by atoms with Crippen LogP contribution in [0.1, 0.15) is 54.7 Å². The van der Waals surface area contributed by atoms with Gasteiger partial charge in [-0.05, 0) is 73.9 Å². The predicted octanol–water partition coefficient (Wildman–Crippen LogP) is 8.49. The molecular weight excluding hydrogens is 496 g/mol. The molecule has 194 valence electrons. The van der Waals surface area contributed by atoms with Crippen LogP contribution in [0.2, 0.25) is 0 Å². The van der Waals surface area contributed by atoms with Gasteiger partial charge in [0.15, 0.2) is 6.10 Å². The number of rotatable bonds is 2. The second-order valence-electron chi connectivity index (χ2n) is 9.79. The number of hydrogen-bond acceptors (Lipinski definition) is 3. The summed E-state index contributed by atoms with van der Waals surface area (Å²) < 4.78 is 94.0. The molecule has 5 rings (SSSR count). The lowest BCUT2D eigenvalue weighted by Gasteiger charge is -2.37. The van der Waals surface area contributed by atoms with Gasteiger partial charge in [0.25, 0.3) is 0 Å². The highest BCUT2D eigenvalue weighted by Gasteiger charge is 2.40. The molecule has 0 bridgehead atoms. The molecule has 0 spiro atoms. The van der Waals surface area contributed by atoms with Crippen LogP contribution in [0.25, 0.3) is 16.7 Å². The van der Waals surface area contributed by atoms with Gasteiger partial charge in [0.1, 0.15) is 11.5 Å². The Morgan fingerprint density at radius 3 is 2.14 bits per heavy atom. The molecule has 0 aromatic heterocycles. The van der Waals surface area contributed by atoms with Gasteiger partial charge in [0.05, 0.1) is 29.3 Å². The molecule has 0 fully saturated rings. The topological polar surface area (TPSA) is 30.5 Å². The van der Waals surface area contributed by atoms with E-state index in [1.165, 1.54) is 7.11 Å². The Kier molecular flexibility index (Phi) is 5.55. The summed E-state index contributed by atoms with van der Waals surface area (Å²) in [7, 11) is 1.48. The van der Waals surface area contributed by atoms with E-state index in [2.05, 4.69) is 5.32 Å². The summed E-state index contributed by atoms with van der Waals surface area (Å²) >= 11 is 0. The quantitative estimate of drug-likeness (QED) is 0.345. The van der Waals surface area contributed by atoms with Crippen molar-refractivity contribution in [1.82, 2.24) is 0 Å². The number of anilines is 1. The van der Waals surface area contributed by atoms with Crippen LogP contribution in [-0.4, -0.2) is 12.6 Å². The highest BCUT2D eigenvalue weighted by Crippen LogP contribution is 2.54. The Bertz CT molecular complexity index is 1400. The minimum absolute atomic E-state index is 0.125. The fraction of sp³-hybridized carbons (Fsp3) is 0.286. The Morgan fingerprint density at radius 1 is 0.892 bits per heavy atom. The van der Waals surface area contributed by atoms with Crippen LogP contribution in [0, 0.1) is 0 Å². The monoisotopic (exact) mass is 519 g/mol. The van der Waals surface area contributed by atoms with Gasteiger partial charge in [-0.25, -0.2) is 0 Å². The van der Waals surface area contributed by atoms with Crippen LogP contribution < -0.4 is 14.8 Å². The van der Waals surface area contributed by atoms with Gasteiger partial charge in [-0.3, -0.25) is 0 Å². The molecule has 1 atom stereocenters. The zero-order chi connectivity index (χ0) is 26.9. The maximum atomic E-state index is 13.7. The van der Waals surface area contributed by atoms with Crippen LogP contribution in [-0.2, 0) is 12.4 Å². The molecule has 9 heteroatoms. The lowest BCUT2D eigenvalue weighted by Crippen LogP contribution is -2.32. The van der Waals surface area contributed by atoms with E-state index >= 15 is 0 Å². The maximum Gasteiger partial charge on any atom is 0.416 e. The van der Waals surface area contributed by atoms with Crippen molar-refractivity contribution in [3.63, 3.8) is 0 Å². The SMILES string of the molecule is COc1cccc2c1-c1ccc3c(c1C(c1cc(C(F)(F)F)cc(C(F)(F)F)c1)O2)C(C)=CC(C)(C)N3. The van der Waals surface area contributed by atoms with Gasteiger partial charge in [0, 0.05) is 16.8 Å². The van der Waals surface area contributed by atoms with Crippen LogP contribution >= 0.6 is 0 Å².